The van der Waals surface area contributed by atoms with E-state index in [0.717, 1.165) is 20.8 Å². The molecule has 1 heterocycles. The highest BCUT2D eigenvalue weighted by molar-refractivity contribution is 7.89. The molecule has 222 valence electrons. The number of ether oxygens (including phenoxy) is 1. The number of phenolic OH excluding ortho intramolecular Hbond substituents is 1. The van der Waals surface area contributed by atoms with Gasteiger partial charge in [0, 0.05) is 17.5 Å². The number of hydrogen-bond donors (Lipinski definition) is 2. The van der Waals surface area contributed by atoms with Crippen LogP contribution in [0.3, 0.4) is 0 Å². The van der Waals surface area contributed by atoms with Gasteiger partial charge in [0.1, 0.15) is 28.9 Å². The van der Waals surface area contributed by atoms with Crippen LogP contribution in [0.4, 0.5) is 0 Å². The minimum atomic E-state index is -4.33. The minimum absolute atomic E-state index is 0.0320. The number of fused-ring (bicyclic) bond motifs is 1. The Hall–Kier alpha value is -4.60. The van der Waals surface area contributed by atoms with Crippen LogP contribution < -0.4 is 4.74 Å². The van der Waals surface area contributed by atoms with Gasteiger partial charge < -0.3 is 19.4 Å². The van der Waals surface area contributed by atoms with Crippen LogP contribution in [0.25, 0.3) is 22.3 Å². The van der Waals surface area contributed by atoms with E-state index in [1.807, 2.05) is 42.5 Å². The molecule has 9 heteroatoms. The van der Waals surface area contributed by atoms with Crippen LogP contribution in [0, 0.1) is 20.8 Å². The van der Waals surface area contributed by atoms with Crippen molar-refractivity contribution in [3.8, 4) is 22.8 Å². The molecule has 0 bridgehead atoms. The highest BCUT2D eigenvalue weighted by Gasteiger charge is 2.38. The molecular formula is C34H33NO7S. The van der Waals surface area contributed by atoms with Crippen molar-refractivity contribution in [2.45, 2.75) is 44.7 Å². The van der Waals surface area contributed by atoms with Crippen molar-refractivity contribution in [1.29, 1.82) is 0 Å². The normalized spacial score (nSPS) is 12.5. The molecule has 0 aliphatic rings. The van der Waals surface area contributed by atoms with E-state index < -0.39 is 22.0 Å². The highest BCUT2D eigenvalue weighted by atomic mass is 32.2. The molecule has 43 heavy (non-hydrogen) atoms. The van der Waals surface area contributed by atoms with Crippen LogP contribution in [0.5, 0.6) is 11.5 Å². The maximum absolute atomic E-state index is 14.5. The molecule has 0 unspecified atom stereocenters. The van der Waals surface area contributed by atoms with Gasteiger partial charge in [0.25, 0.3) is 0 Å². The topological polar surface area (TPSA) is 117 Å². The average Bonchev–Trinajstić information content (AvgIpc) is 3.42. The summed E-state index contributed by atoms with van der Waals surface area (Å²) in [6.07, 6.45) is -0.0981. The molecule has 8 nitrogen and oxygen atoms in total. The summed E-state index contributed by atoms with van der Waals surface area (Å²) in [7, 11) is -2.81. The van der Waals surface area contributed by atoms with Gasteiger partial charge in [0.2, 0.25) is 10.0 Å². The maximum atomic E-state index is 14.5. The molecule has 0 saturated heterocycles. The third-order valence-electron chi connectivity index (χ3n) is 7.77. The predicted molar refractivity (Wildman–Crippen MR) is 165 cm³/mol. The number of rotatable bonds is 10. The summed E-state index contributed by atoms with van der Waals surface area (Å²) >= 11 is 0. The van der Waals surface area contributed by atoms with Gasteiger partial charge in [0.15, 0.2) is 0 Å². The zero-order valence-electron chi connectivity index (χ0n) is 24.4. The Kier molecular flexibility index (Phi) is 8.30. The molecule has 0 fully saturated rings. The molecule has 5 aromatic rings. The fourth-order valence-corrected chi connectivity index (χ4v) is 7.42. The Bertz CT molecular complexity index is 1860. The van der Waals surface area contributed by atoms with Gasteiger partial charge in [-0.2, -0.15) is 4.31 Å². The van der Waals surface area contributed by atoms with Crippen molar-refractivity contribution >= 4 is 27.0 Å². The van der Waals surface area contributed by atoms with Crippen molar-refractivity contribution in [3.05, 3.63) is 113 Å². The van der Waals surface area contributed by atoms with Crippen LogP contribution >= 0.6 is 0 Å². The zero-order chi connectivity index (χ0) is 30.9. The second kappa shape index (κ2) is 11.9. The molecular weight excluding hydrogens is 566 g/mol. The van der Waals surface area contributed by atoms with Crippen molar-refractivity contribution in [2.75, 3.05) is 7.11 Å². The standard InChI is InChI=1S/C34H33NO7S/c1-21-17-31(41-4)22(2)23(3)33(21)43(39,40)35(29(34(37)38)18-24-11-15-28(36)16-12-24)20-25-9-13-26(14-10-25)32-19-27-7-5-6-8-30(27)42-32/h5-17,19,29,36H,18,20H2,1-4H3,(H,37,38)/t29-/m0/s1. The summed E-state index contributed by atoms with van der Waals surface area (Å²) in [4.78, 5) is 12.8. The molecule has 4 aromatic carbocycles. The lowest BCUT2D eigenvalue weighted by Crippen LogP contribution is -2.46. The number of carboxylic acids is 1. The molecule has 0 aliphatic carbocycles. The van der Waals surface area contributed by atoms with Gasteiger partial charge in [-0.15, -0.1) is 0 Å². The van der Waals surface area contributed by atoms with Crippen LogP contribution in [0.15, 0.2) is 94.2 Å². The number of aryl methyl sites for hydroxylation is 1. The number of benzene rings is 4. The molecule has 0 radical (unpaired) electrons. The first-order chi connectivity index (χ1) is 20.5. The number of hydrogen-bond acceptors (Lipinski definition) is 6. The summed E-state index contributed by atoms with van der Waals surface area (Å²) in [5.41, 5.74) is 4.37. The fourth-order valence-electron chi connectivity index (χ4n) is 5.36. The lowest BCUT2D eigenvalue weighted by atomic mass is 10.0. The molecule has 0 aliphatic heterocycles. The summed E-state index contributed by atoms with van der Waals surface area (Å²) in [5, 5.41) is 21.1. The number of phenols is 1. The Morgan fingerprint density at radius 1 is 0.907 bits per heavy atom. The second-order valence-corrected chi connectivity index (χ2v) is 12.4. The number of furan rings is 1. The SMILES string of the molecule is COc1cc(C)c(S(=O)(=O)N(Cc2ccc(-c3cc4ccccc4o3)cc2)[C@@H](Cc2ccc(O)cc2)C(=O)O)c(C)c1C. The van der Waals surface area contributed by atoms with Crippen LogP contribution in [-0.2, 0) is 27.8 Å². The number of nitrogens with zero attached hydrogens (tertiary/aromatic N) is 1. The maximum Gasteiger partial charge on any atom is 0.322 e. The molecule has 0 amide bonds. The van der Waals surface area contributed by atoms with E-state index in [2.05, 4.69) is 0 Å². The van der Waals surface area contributed by atoms with E-state index in [0.29, 0.717) is 39.3 Å². The number of methoxy groups -OCH3 is 1. The Balaban J connectivity index is 1.57. The number of aromatic hydroxyl groups is 1. The van der Waals surface area contributed by atoms with Gasteiger partial charge in [-0.3, -0.25) is 4.79 Å². The van der Waals surface area contributed by atoms with E-state index >= 15 is 0 Å². The number of carbonyl (C=O) groups is 1. The number of sulfonamides is 1. The highest BCUT2D eigenvalue weighted by Crippen LogP contribution is 2.35. The first kappa shape index (κ1) is 29.9. The molecule has 1 aromatic heterocycles. The summed E-state index contributed by atoms with van der Waals surface area (Å²) in [5.74, 6) is -0.0193. The third-order valence-corrected chi connectivity index (χ3v) is 9.91. The molecule has 0 saturated carbocycles. The molecule has 0 spiro atoms. The first-order valence-electron chi connectivity index (χ1n) is 13.7. The van der Waals surface area contributed by atoms with E-state index in [9.17, 15) is 23.4 Å². The van der Waals surface area contributed by atoms with E-state index in [4.69, 9.17) is 9.15 Å². The average molecular weight is 600 g/mol. The molecule has 1 atom stereocenters. The lowest BCUT2D eigenvalue weighted by Gasteiger charge is -2.30. The summed E-state index contributed by atoms with van der Waals surface area (Å²) in [6.45, 7) is 4.98. The van der Waals surface area contributed by atoms with Gasteiger partial charge >= 0.3 is 5.97 Å². The molecule has 5 rings (SSSR count). The fraction of sp³-hybridized carbons (Fsp3) is 0.206. The number of para-hydroxylation sites is 1. The first-order valence-corrected chi connectivity index (χ1v) is 15.2. The van der Waals surface area contributed by atoms with Gasteiger partial charge in [0.05, 0.1) is 12.0 Å². The van der Waals surface area contributed by atoms with Gasteiger partial charge in [-0.1, -0.05) is 54.6 Å². The number of aliphatic carboxylic acids is 1. The minimum Gasteiger partial charge on any atom is -0.508 e. The van der Waals surface area contributed by atoms with Crippen molar-refractivity contribution in [3.63, 3.8) is 0 Å². The van der Waals surface area contributed by atoms with E-state index in [-0.39, 0.29) is 23.6 Å². The van der Waals surface area contributed by atoms with Crippen molar-refractivity contribution in [1.82, 2.24) is 4.31 Å². The van der Waals surface area contributed by atoms with Gasteiger partial charge in [-0.25, -0.2) is 8.42 Å². The lowest BCUT2D eigenvalue weighted by molar-refractivity contribution is -0.141. The zero-order valence-corrected chi connectivity index (χ0v) is 25.2. The Morgan fingerprint density at radius 3 is 2.19 bits per heavy atom. The van der Waals surface area contributed by atoms with E-state index in [1.54, 1.807) is 51.1 Å². The number of carboxylic acid groups (broad SMARTS) is 1. The van der Waals surface area contributed by atoms with Crippen LogP contribution in [0.2, 0.25) is 0 Å². The summed E-state index contributed by atoms with van der Waals surface area (Å²) < 4.78 is 41.4. The van der Waals surface area contributed by atoms with Crippen molar-refractivity contribution < 1.29 is 32.6 Å². The van der Waals surface area contributed by atoms with Crippen molar-refractivity contribution in [2.24, 2.45) is 0 Å². The van der Waals surface area contributed by atoms with Crippen LogP contribution in [0.1, 0.15) is 27.8 Å². The predicted octanol–water partition coefficient (Wildman–Crippen LogP) is 6.63. The second-order valence-electron chi connectivity index (χ2n) is 10.6. The Labute approximate surface area is 250 Å². The summed E-state index contributed by atoms with van der Waals surface area (Å²) in [6, 6.07) is 23.2. The largest absolute Gasteiger partial charge is 0.508 e. The van der Waals surface area contributed by atoms with E-state index in [1.165, 1.54) is 19.2 Å². The third kappa shape index (κ3) is 6.00. The quantitative estimate of drug-likeness (QED) is 0.185. The smallest absolute Gasteiger partial charge is 0.322 e. The Morgan fingerprint density at radius 2 is 1.56 bits per heavy atom. The monoisotopic (exact) mass is 599 g/mol. The van der Waals surface area contributed by atoms with Gasteiger partial charge in [-0.05, 0) is 85.3 Å². The van der Waals surface area contributed by atoms with Crippen LogP contribution in [-0.4, -0.2) is 42.1 Å². The molecule has 2 N–H and O–H groups in total.